The number of rotatable bonds is 4. The van der Waals surface area contributed by atoms with Gasteiger partial charge in [0.15, 0.2) is 11.6 Å². The maximum absolute atomic E-state index is 13.7. The Hall–Kier alpha value is -3.68. The van der Waals surface area contributed by atoms with Gasteiger partial charge in [0.2, 0.25) is 0 Å². The summed E-state index contributed by atoms with van der Waals surface area (Å²) in [6.07, 6.45) is -1.11. The van der Waals surface area contributed by atoms with E-state index in [1.54, 1.807) is 6.07 Å². The summed E-state index contributed by atoms with van der Waals surface area (Å²) in [5, 5.41) is 9.53. The van der Waals surface area contributed by atoms with Gasteiger partial charge in [-0.05, 0) is 55.5 Å². The molecule has 2 heterocycles. The van der Waals surface area contributed by atoms with Gasteiger partial charge in [-0.1, -0.05) is 11.3 Å². The average Bonchev–Trinajstić information content (AvgIpc) is 3.37. The molecule has 0 amide bonds. The zero-order chi connectivity index (χ0) is 21.7. The van der Waals surface area contributed by atoms with Crippen LogP contribution >= 0.6 is 0 Å². The second kappa shape index (κ2) is 7.23. The molecular formula is C23H16F4N4. The molecule has 0 aliphatic heterocycles. The van der Waals surface area contributed by atoms with E-state index in [1.165, 1.54) is 29.1 Å². The third-order valence-corrected chi connectivity index (χ3v) is 5.45. The first-order valence-electron chi connectivity index (χ1n) is 9.68. The first-order chi connectivity index (χ1) is 15.0. The Kier molecular flexibility index (Phi) is 4.50. The third-order valence-electron chi connectivity index (χ3n) is 5.45. The van der Waals surface area contributed by atoms with Gasteiger partial charge in [-0.3, -0.25) is 0 Å². The smallest absolute Gasteiger partial charge is 0.263 e. The van der Waals surface area contributed by atoms with E-state index in [4.69, 9.17) is 0 Å². The molecule has 0 aliphatic carbocycles. The molecule has 4 nitrogen and oxygen atoms in total. The van der Waals surface area contributed by atoms with Crippen molar-refractivity contribution in [3.05, 3.63) is 78.0 Å². The van der Waals surface area contributed by atoms with Gasteiger partial charge in [-0.2, -0.15) is 0 Å². The van der Waals surface area contributed by atoms with Crippen molar-refractivity contribution < 1.29 is 17.6 Å². The van der Waals surface area contributed by atoms with Crippen molar-refractivity contribution in [1.29, 1.82) is 0 Å². The van der Waals surface area contributed by atoms with Crippen molar-refractivity contribution in [3.63, 3.8) is 0 Å². The summed E-state index contributed by atoms with van der Waals surface area (Å²) in [7, 11) is 0. The van der Waals surface area contributed by atoms with E-state index in [0.29, 0.717) is 28.9 Å². The molecule has 0 bridgehead atoms. The van der Waals surface area contributed by atoms with Gasteiger partial charge >= 0.3 is 0 Å². The minimum Gasteiger partial charge on any atom is -0.341 e. The minimum absolute atomic E-state index is 0.0451. The van der Waals surface area contributed by atoms with Crippen molar-refractivity contribution >= 4 is 21.8 Å². The van der Waals surface area contributed by atoms with E-state index in [9.17, 15) is 17.6 Å². The number of nitrogens with zero attached hydrogens (tertiary/aromatic N) is 4. The Morgan fingerprint density at radius 3 is 2.32 bits per heavy atom. The molecule has 0 radical (unpaired) electrons. The fourth-order valence-corrected chi connectivity index (χ4v) is 4.00. The van der Waals surface area contributed by atoms with Crippen LogP contribution in [0.25, 0.3) is 38.8 Å². The minimum atomic E-state index is -2.57. The van der Waals surface area contributed by atoms with Crippen LogP contribution in [0.4, 0.5) is 17.6 Å². The molecular weight excluding hydrogens is 408 g/mol. The lowest BCUT2D eigenvalue weighted by atomic mass is 10.1. The molecule has 0 saturated heterocycles. The summed E-state index contributed by atoms with van der Waals surface area (Å²) in [6.45, 7) is 2.67. The first-order valence-corrected chi connectivity index (χ1v) is 9.68. The molecule has 0 aliphatic rings. The molecule has 0 spiro atoms. The highest BCUT2D eigenvalue weighted by molar-refractivity contribution is 6.09. The molecule has 156 valence electrons. The molecule has 8 heteroatoms. The van der Waals surface area contributed by atoms with Crippen molar-refractivity contribution in [2.75, 3.05) is 0 Å². The maximum Gasteiger partial charge on any atom is 0.263 e. The van der Waals surface area contributed by atoms with Crippen LogP contribution in [0, 0.1) is 11.6 Å². The number of alkyl halides is 2. The monoisotopic (exact) mass is 424 g/mol. The van der Waals surface area contributed by atoms with Crippen molar-refractivity contribution in [3.8, 4) is 16.9 Å². The Bertz CT molecular complexity index is 1430. The first kappa shape index (κ1) is 19.3. The number of aromatic nitrogens is 4. The zero-order valence-electron chi connectivity index (χ0n) is 16.4. The molecule has 0 N–H and O–H groups in total. The zero-order valence-corrected chi connectivity index (χ0v) is 16.4. The number of fused-ring (bicyclic) bond motifs is 3. The van der Waals surface area contributed by atoms with E-state index >= 15 is 0 Å². The number of benzene rings is 3. The SMILES string of the molecule is CCn1c2ccc(C(F)F)cc2c2cc(-n3nncc3-c3ccc(F)c(F)c3)ccc21. The average molecular weight is 424 g/mol. The van der Waals surface area contributed by atoms with Crippen LogP contribution < -0.4 is 0 Å². The van der Waals surface area contributed by atoms with Crippen molar-refractivity contribution in [1.82, 2.24) is 19.6 Å². The number of hydrogen-bond donors (Lipinski definition) is 0. The lowest BCUT2D eigenvalue weighted by molar-refractivity contribution is 0.151. The molecule has 0 unspecified atom stereocenters. The van der Waals surface area contributed by atoms with Crippen molar-refractivity contribution in [2.24, 2.45) is 0 Å². The van der Waals surface area contributed by atoms with E-state index in [2.05, 4.69) is 14.9 Å². The predicted octanol–water partition coefficient (Wildman–Crippen LogP) is 6.28. The second-order valence-corrected chi connectivity index (χ2v) is 7.18. The molecule has 5 aromatic rings. The fourth-order valence-electron chi connectivity index (χ4n) is 4.00. The fraction of sp³-hybridized carbons (Fsp3) is 0.130. The van der Waals surface area contributed by atoms with Gasteiger partial charge in [0.05, 0.1) is 17.6 Å². The summed E-state index contributed by atoms with van der Waals surface area (Å²) in [6, 6.07) is 13.8. The van der Waals surface area contributed by atoms with Crippen LogP contribution in [0.2, 0.25) is 0 Å². The van der Waals surface area contributed by atoms with Gasteiger partial charge in [0.1, 0.15) is 0 Å². The van der Waals surface area contributed by atoms with E-state index in [1.807, 2.05) is 25.1 Å². The lowest BCUT2D eigenvalue weighted by Gasteiger charge is -2.08. The second-order valence-electron chi connectivity index (χ2n) is 7.18. The van der Waals surface area contributed by atoms with Crippen molar-refractivity contribution in [2.45, 2.75) is 19.9 Å². The lowest BCUT2D eigenvalue weighted by Crippen LogP contribution is -2.00. The van der Waals surface area contributed by atoms with E-state index in [0.717, 1.165) is 28.6 Å². The molecule has 0 saturated carbocycles. The molecule has 5 rings (SSSR count). The van der Waals surface area contributed by atoms with Gasteiger partial charge in [-0.15, -0.1) is 5.10 Å². The van der Waals surface area contributed by atoms with Crippen LogP contribution in [0.3, 0.4) is 0 Å². The maximum atomic E-state index is 13.7. The number of hydrogen-bond acceptors (Lipinski definition) is 2. The largest absolute Gasteiger partial charge is 0.341 e. The Morgan fingerprint density at radius 1 is 0.871 bits per heavy atom. The topological polar surface area (TPSA) is 35.6 Å². The Labute approximate surface area is 174 Å². The number of halogens is 4. The summed E-state index contributed by atoms with van der Waals surface area (Å²) in [5.41, 5.74) is 3.24. The third kappa shape index (κ3) is 3.06. The molecule has 0 atom stereocenters. The quantitative estimate of drug-likeness (QED) is 0.319. The van der Waals surface area contributed by atoms with E-state index < -0.39 is 18.1 Å². The summed E-state index contributed by atoms with van der Waals surface area (Å²) in [4.78, 5) is 0. The highest BCUT2D eigenvalue weighted by Crippen LogP contribution is 2.34. The van der Waals surface area contributed by atoms with Crippen LogP contribution in [-0.4, -0.2) is 19.6 Å². The highest BCUT2D eigenvalue weighted by Gasteiger charge is 2.16. The Balaban J connectivity index is 1.72. The molecule has 0 fully saturated rings. The summed E-state index contributed by atoms with van der Waals surface area (Å²) >= 11 is 0. The van der Waals surface area contributed by atoms with Gasteiger partial charge in [0, 0.05) is 39.5 Å². The normalized spacial score (nSPS) is 11.8. The summed E-state index contributed by atoms with van der Waals surface area (Å²) < 4.78 is 57.3. The van der Waals surface area contributed by atoms with Gasteiger partial charge in [-0.25, -0.2) is 22.2 Å². The number of aryl methyl sites for hydroxylation is 1. The van der Waals surface area contributed by atoms with E-state index in [-0.39, 0.29) is 5.56 Å². The van der Waals surface area contributed by atoms with Gasteiger partial charge < -0.3 is 4.57 Å². The van der Waals surface area contributed by atoms with Gasteiger partial charge in [0.25, 0.3) is 6.43 Å². The highest BCUT2D eigenvalue weighted by atomic mass is 19.3. The molecule has 3 aromatic carbocycles. The predicted molar refractivity (Wildman–Crippen MR) is 110 cm³/mol. The molecule has 2 aromatic heterocycles. The van der Waals surface area contributed by atoms with Crippen LogP contribution in [0.5, 0.6) is 0 Å². The van der Waals surface area contributed by atoms with Crippen LogP contribution in [0.1, 0.15) is 18.9 Å². The standard InChI is InChI=1S/C23H16F4N4/c1-2-30-20-7-4-14(23(26)27)9-16(20)17-11-15(5-8-21(17)30)31-22(12-28-29-31)13-3-6-18(24)19(25)10-13/h3-12,23H,2H2,1H3. The molecule has 31 heavy (non-hydrogen) atoms. The Morgan fingerprint density at radius 2 is 1.61 bits per heavy atom. The summed E-state index contributed by atoms with van der Waals surface area (Å²) in [5.74, 6) is -1.90. The van der Waals surface area contributed by atoms with Crippen LogP contribution in [0.15, 0.2) is 60.8 Å². The van der Waals surface area contributed by atoms with Crippen LogP contribution in [-0.2, 0) is 6.54 Å².